The van der Waals surface area contributed by atoms with Crippen molar-refractivity contribution in [2.45, 2.75) is 38.0 Å². The van der Waals surface area contributed by atoms with Crippen LogP contribution < -0.4 is 15.7 Å². The van der Waals surface area contributed by atoms with Gasteiger partial charge in [0.15, 0.2) is 0 Å². The molecule has 1 amide bonds. The fourth-order valence-electron chi connectivity index (χ4n) is 3.39. The minimum absolute atomic E-state index is 0.0633. The third kappa shape index (κ3) is 4.75. The quantitative estimate of drug-likeness (QED) is 0.409. The smallest absolute Gasteiger partial charge is 0.349 e. The highest BCUT2D eigenvalue weighted by Crippen LogP contribution is 2.29. The molecule has 0 unspecified atom stereocenters. The van der Waals surface area contributed by atoms with E-state index in [0.717, 1.165) is 12.0 Å². The van der Waals surface area contributed by atoms with Gasteiger partial charge < -0.3 is 14.5 Å². The molecule has 0 aliphatic carbocycles. The second-order valence-electron chi connectivity index (χ2n) is 6.93. The summed E-state index contributed by atoms with van der Waals surface area (Å²) in [7, 11) is 3.05. The van der Waals surface area contributed by atoms with Crippen LogP contribution in [0.1, 0.15) is 41.8 Å². The molecule has 31 heavy (non-hydrogen) atoms. The van der Waals surface area contributed by atoms with Crippen LogP contribution in [0.5, 0.6) is 5.75 Å². The maximum absolute atomic E-state index is 12.8. The number of nitrogens with one attached hydrogen (secondary N) is 1. The normalized spacial score (nSPS) is 11.5. The van der Waals surface area contributed by atoms with Gasteiger partial charge in [-0.2, -0.15) is 0 Å². The first-order valence-electron chi connectivity index (χ1n) is 9.72. The predicted molar refractivity (Wildman–Crippen MR) is 120 cm³/mol. The van der Waals surface area contributed by atoms with Crippen molar-refractivity contribution in [2.24, 2.45) is 0 Å². The summed E-state index contributed by atoms with van der Waals surface area (Å²) in [6.45, 7) is 3.81. The van der Waals surface area contributed by atoms with Gasteiger partial charge in [0.2, 0.25) is 0 Å². The first kappa shape index (κ1) is 22.8. The van der Waals surface area contributed by atoms with Crippen LogP contribution in [0.2, 0.25) is 0 Å². The largest absolute Gasteiger partial charge is 0.496 e. The highest BCUT2D eigenvalue weighted by Gasteiger charge is 2.19. The van der Waals surface area contributed by atoms with Gasteiger partial charge in [-0.1, -0.05) is 20.3 Å². The van der Waals surface area contributed by atoms with Crippen LogP contribution in [-0.4, -0.2) is 21.4 Å². The molecule has 3 aromatic rings. The molecule has 1 N–H and O–H groups in total. The Morgan fingerprint density at radius 3 is 2.52 bits per heavy atom. The molecule has 1 heterocycles. The van der Waals surface area contributed by atoms with E-state index in [0.29, 0.717) is 40.8 Å². The molecular formula is C22H22ClNO6S. The van der Waals surface area contributed by atoms with Crippen molar-refractivity contribution in [3.63, 3.8) is 0 Å². The summed E-state index contributed by atoms with van der Waals surface area (Å²) in [6, 6.07) is 9.12. The van der Waals surface area contributed by atoms with Crippen LogP contribution in [0.25, 0.3) is 11.0 Å². The van der Waals surface area contributed by atoms with E-state index in [4.69, 9.17) is 19.8 Å². The fraction of sp³-hybridized carbons (Fsp3) is 0.273. The molecule has 3 rings (SSSR count). The van der Waals surface area contributed by atoms with E-state index in [2.05, 4.69) is 5.32 Å². The number of methoxy groups -OCH3 is 1. The number of anilines is 1. The molecule has 0 saturated heterocycles. The molecule has 0 saturated carbocycles. The second kappa shape index (κ2) is 9.11. The van der Waals surface area contributed by atoms with Crippen molar-refractivity contribution < 1.29 is 22.4 Å². The number of hydrogen-bond acceptors (Lipinski definition) is 6. The molecule has 0 atom stereocenters. The molecular weight excluding hydrogens is 442 g/mol. The van der Waals surface area contributed by atoms with Gasteiger partial charge in [0.1, 0.15) is 16.9 Å². The number of ether oxygens (including phenoxy) is 1. The Morgan fingerprint density at radius 2 is 1.90 bits per heavy atom. The average Bonchev–Trinajstić information content (AvgIpc) is 2.73. The van der Waals surface area contributed by atoms with E-state index < -0.39 is 20.6 Å². The number of benzene rings is 2. The lowest BCUT2D eigenvalue weighted by molar-refractivity contribution is 0.102. The predicted octanol–water partition coefficient (Wildman–Crippen LogP) is 4.50. The van der Waals surface area contributed by atoms with Crippen LogP contribution in [0, 0.1) is 0 Å². The number of fused-ring (bicyclic) bond motifs is 1. The van der Waals surface area contributed by atoms with E-state index in [-0.39, 0.29) is 10.5 Å². The molecule has 0 radical (unpaired) electrons. The minimum Gasteiger partial charge on any atom is -0.496 e. The van der Waals surface area contributed by atoms with Gasteiger partial charge in [0, 0.05) is 27.3 Å². The molecule has 0 fully saturated rings. The molecule has 164 valence electrons. The van der Waals surface area contributed by atoms with E-state index in [1.54, 1.807) is 19.2 Å². The number of hydrogen-bond donors (Lipinski definition) is 1. The second-order valence-corrected chi connectivity index (χ2v) is 9.49. The SMILES string of the molecule is CCCc1c(OC)ccc2cc(C(=O)Nc3ccc(S(=O)(=O)Cl)cc3CC)c(=O)oc12. The molecule has 7 nitrogen and oxygen atoms in total. The number of carbonyl (C=O) groups is 1. The zero-order valence-electron chi connectivity index (χ0n) is 17.3. The average molecular weight is 464 g/mol. The van der Waals surface area contributed by atoms with Gasteiger partial charge in [-0.3, -0.25) is 4.79 Å². The van der Waals surface area contributed by atoms with Crippen molar-refractivity contribution in [1.82, 2.24) is 0 Å². The molecule has 0 spiro atoms. The van der Waals surface area contributed by atoms with Crippen LogP contribution in [-0.2, 0) is 21.9 Å². The Bertz CT molecular complexity index is 1310. The van der Waals surface area contributed by atoms with Gasteiger partial charge in [0.25, 0.3) is 15.0 Å². The van der Waals surface area contributed by atoms with Crippen molar-refractivity contribution in [2.75, 3.05) is 12.4 Å². The third-order valence-corrected chi connectivity index (χ3v) is 6.27. The summed E-state index contributed by atoms with van der Waals surface area (Å²) in [4.78, 5) is 25.4. The first-order chi connectivity index (χ1) is 14.7. The summed E-state index contributed by atoms with van der Waals surface area (Å²) in [5.41, 5.74) is 1.20. The summed E-state index contributed by atoms with van der Waals surface area (Å²) < 4.78 is 34.0. The number of amides is 1. The summed E-state index contributed by atoms with van der Waals surface area (Å²) in [5, 5.41) is 3.27. The van der Waals surface area contributed by atoms with Gasteiger partial charge in [0.05, 0.1) is 12.0 Å². The Kier molecular flexibility index (Phi) is 6.71. The van der Waals surface area contributed by atoms with Crippen LogP contribution in [0.4, 0.5) is 5.69 Å². The first-order valence-corrected chi connectivity index (χ1v) is 12.0. The van der Waals surface area contributed by atoms with Gasteiger partial charge in [-0.15, -0.1) is 0 Å². The Morgan fingerprint density at radius 1 is 1.16 bits per heavy atom. The van der Waals surface area contributed by atoms with Crippen molar-refractivity contribution in [3.8, 4) is 5.75 Å². The van der Waals surface area contributed by atoms with Crippen molar-refractivity contribution in [3.05, 3.63) is 63.5 Å². The minimum atomic E-state index is -3.89. The Labute approximate surface area is 184 Å². The van der Waals surface area contributed by atoms with E-state index in [1.165, 1.54) is 24.3 Å². The van der Waals surface area contributed by atoms with Crippen molar-refractivity contribution in [1.29, 1.82) is 0 Å². The fourth-order valence-corrected chi connectivity index (χ4v) is 4.19. The van der Waals surface area contributed by atoms with Gasteiger partial charge in [-0.25, -0.2) is 13.2 Å². The highest BCUT2D eigenvalue weighted by molar-refractivity contribution is 8.13. The number of aryl methyl sites for hydroxylation is 2. The van der Waals surface area contributed by atoms with Gasteiger partial charge >= 0.3 is 5.63 Å². The Hall–Kier alpha value is -2.84. The number of carbonyl (C=O) groups excluding carboxylic acids is 1. The zero-order valence-corrected chi connectivity index (χ0v) is 18.9. The molecule has 9 heteroatoms. The van der Waals surface area contributed by atoms with Crippen LogP contribution >= 0.6 is 10.7 Å². The van der Waals surface area contributed by atoms with E-state index >= 15 is 0 Å². The lowest BCUT2D eigenvalue weighted by atomic mass is 10.0. The zero-order chi connectivity index (χ0) is 22.8. The van der Waals surface area contributed by atoms with E-state index in [9.17, 15) is 18.0 Å². The lowest BCUT2D eigenvalue weighted by Crippen LogP contribution is -2.21. The molecule has 2 aromatic carbocycles. The summed E-state index contributed by atoms with van der Waals surface area (Å²) in [5.74, 6) is -0.0312. The summed E-state index contributed by atoms with van der Waals surface area (Å²) in [6.07, 6.45) is 1.93. The maximum Gasteiger partial charge on any atom is 0.349 e. The summed E-state index contributed by atoms with van der Waals surface area (Å²) >= 11 is 0. The monoisotopic (exact) mass is 463 g/mol. The standard InChI is InChI=1S/C22H22ClNO6S/c1-4-6-16-19(29-3)10-7-14-12-17(22(26)30-20(14)16)21(25)24-18-9-8-15(31(23,27)28)11-13(18)5-2/h7-12H,4-6H2,1-3H3,(H,24,25). The topological polar surface area (TPSA) is 103 Å². The lowest BCUT2D eigenvalue weighted by Gasteiger charge is -2.12. The Balaban J connectivity index is 2.02. The molecule has 1 aromatic heterocycles. The molecule has 0 aliphatic rings. The van der Waals surface area contributed by atoms with E-state index in [1.807, 2.05) is 13.8 Å². The van der Waals surface area contributed by atoms with Crippen LogP contribution in [0.3, 0.4) is 0 Å². The van der Waals surface area contributed by atoms with Crippen LogP contribution in [0.15, 0.2) is 50.5 Å². The van der Waals surface area contributed by atoms with Crippen molar-refractivity contribution >= 4 is 42.3 Å². The van der Waals surface area contributed by atoms with Gasteiger partial charge in [-0.05, 0) is 54.8 Å². The highest BCUT2D eigenvalue weighted by atomic mass is 35.7. The molecule has 0 bridgehead atoms. The number of halogens is 1. The maximum atomic E-state index is 12.8. The molecule has 0 aliphatic heterocycles. The third-order valence-electron chi connectivity index (χ3n) is 4.91. The number of rotatable bonds is 7.